The van der Waals surface area contributed by atoms with Crippen LogP contribution in [0.15, 0.2) is 12.1 Å². The van der Waals surface area contributed by atoms with Crippen LogP contribution in [0.4, 0.5) is 5.82 Å². The summed E-state index contributed by atoms with van der Waals surface area (Å²) in [6.07, 6.45) is 3.67. The molecule has 2 atom stereocenters. The van der Waals surface area contributed by atoms with Crippen molar-refractivity contribution in [2.24, 2.45) is 5.92 Å². The van der Waals surface area contributed by atoms with Gasteiger partial charge >= 0.3 is 0 Å². The number of nitrogens with one attached hydrogen (secondary N) is 1. The molecule has 82 valence electrons. The molecule has 0 amide bonds. The van der Waals surface area contributed by atoms with Gasteiger partial charge in [-0.1, -0.05) is 6.42 Å². The maximum absolute atomic E-state index is 5.92. The van der Waals surface area contributed by atoms with Crippen LogP contribution < -0.4 is 5.32 Å². The lowest BCUT2D eigenvalue weighted by Crippen LogP contribution is -2.25. The van der Waals surface area contributed by atoms with E-state index in [1.807, 2.05) is 19.1 Å². The van der Waals surface area contributed by atoms with Gasteiger partial charge in [-0.15, -0.1) is 16.7 Å². The predicted molar refractivity (Wildman–Crippen MR) is 62.2 cm³/mol. The van der Waals surface area contributed by atoms with E-state index in [4.69, 9.17) is 11.6 Å². The average molecular weight is 226 g/mol. The van der Waals surface area contributed by atoms with Crippen LogP contribution in [0.5, 0.6) is 0 Å². The summed E-state index contributed by atoms with van der Waals surface area (Å²) in [4.78, 5) is 0. The molecule has 0 saturated heterocycles. The molecule has 1 heterocycles. The van der Waals surface area contributed by atoms with Gasteiger partial charge in [-0.05, 0) is 37.8 Å². The van der Waals surface area contributed by atoms with E-state index in [9.17, 15) is 0 Å². The highest BCUT2D eigenvalue weighted by Gasteiger charge is 2.26. The Morgan fingerprint density at radius 1 is 1.40 bits per heavy atom. The number of alkyl halides is 1. The molecule has 0 aromatic carbocycles. The van der Waals surface area contributed by atoms with Gasteiger partial charge in [0.05, 0.1) is 5.69 Å². The van der Waals surface area contributed by atoms with Crippen LogP contribution in [0.3, 0.4) is 0 Å². The fourth-order valence-corrected chi connectivity index (χ4v) is 2.45. The minimum atomic E-state index is 0.472. The van der Waals surface area contributed by atoms with Crippen molar-refractivity contribution in [1.29, 1.82) is 0 Å². The number of aryl methyl sites for hydroxylation is 1. The van der Waals surface area contributed by atoms with Gasteiger partial charge in [0.2, 0.25) is 0 Å². The summed E-state index contributed by atoms with van der Waals surface area (Å²) >= 11 is 5.92. The van der Waals surface area contributed by atoms with Crippen molar-refractivity contribution < 1.29 is 0 Å². The summed E-state index contributed by atoms with van der Waals surface area (Å²) in [6.45, 7) is 1.94. The number of nitrogens with zero attached hydrogens (tertiary/aromatic N) is 2. The Bertz CT molecular complexity index is 312. The Morgan fingerprint density at radius 3 is 2.93 bits per heavy atom. The Kier molecular flexibility index (Phi) is 3.41. The molecule has 1 N–H and O–H groups in total. The SMILES string of the molecule is Cc1ccc(NC2CCCC2CCl)nn1. The smallest absolute Gasteiger partial charge is 0.148 e. The molecule has 1 aliphatic rings. The van der Waals surface area contributed by atoms with Crippen LogP contribution >= 0.6 is 11.6 Å². The Labute approximate surface area is 95.2 Å². The van der Waals surface area contributed by atoms with Gasteiger partial charge in [-0.2, -0.15) is 5.10 Å². The molecule has 2 rings (SSSR count). The van der Waals surface area contributed by atoms with Crippen molar-refractivity contribution >= 4 is 17.4 Å². The van der Waals surface area contributed by atoms with Crippen LogP contribution in [0.2, 0.25) is 0 Å². The Morgan fingerprint density at radius 2 is 2.27 bits per heavy atom. The third kappa shape index (κ3) is 2.59. The van der Waals surface area contributed by atoms with Crippen LogP contribution in [0.1, 0.15) is 25.0 Å². The summed E-state index contributed by atoms with van der Waals surface area (Å²) in [5.74, 6) is 2.18. The molecule has 1 aromatic heterocycles. The fraction of sp³-hybridized carbons (Fsp3) is 0.636. The lowest BCUT2D eigenvalue weighted by Gasteiger charge is -2.18. The first-order chi connectivity index (χ1) is 7.29. The highest BCUT2D eigenvalue weighted by Crippen LogP contribution is 2.28. The van der Waals surface area contributed by atoms with Gasteiger partial charge in [-0.3, -0.25) is 0 Å². The summed E-state index contributed by atoms with van der Waals surface area (Å²) in [7, 11) is 0. The fourth-order valence-electron chi connectivity index (χ4n) is 2.08. The molecule has 1 saturated carbocycles. The molecular weight excluding hydrogens is 210 g/mol. The Hall–Kier alpha value is -0.830. The summed E-state index contributed by atoms with van der Waals surface area (Å²) in [6, 6.07) is 4.42. The number of hydrogen-bond acceptors (Lipinski definition) is 3. The Balaban J connectivity index is 1.99. The van der Waals surface area contributed by atoms with Gasteiger partial charge < -0.3 is 5.32 Å². The molecule has 1 aliphatic carbocycles. The molecular formula is C11H16ClN3. The van der Waals surface area contributed by atoms with E-state index in [1.54, 1.807) is 0 Å². The monoisotopic (exact) mass is 225 g/mol. The number of anilines is 1. The largest absolute Gasteiger partial charge is 0.366 e. The molecule has 0 bridgehead atoms. The number of rotatable bonds is 3. The van der Waals surface area contributed by atoms with Gasteiger partial charge in [-0.25, -0.2) is 0 Å². The molecule has 1 aromatic rings. The van der Waals surface area contributed by atoms with E-state index in [2.05, 4.69) is 15.5 Å². The van der Waals surface area contributed by atoms with E-state index < -0.39 is 0 Å². The van der Waals surface area contributed by atoms with E-state index in [0.29, 0.717) is 12.0 Å². The highest BCUT2D eigenvalue weighted by atomic mass is 35.5. The van der Waals surface area contributed by atoms with Crippen molar-refractivity contribution in [3.8, 4) is 0 Å². The maximum Gasteiger partial charge on any atom is 0.148 e. The second-order valence-corrected chi connectivity index (χ2v) is 4.46. The highest BCUT2D eigenvalue weighted by molar-refractivity contribution is 6.18. The standard InChI is InChI=1S/C11H16ClN3/c1-8-5-6-11(15-14-8)13-10-4-2-3-9(10)7-12/h5-6,9-10H,2-4,7H2,1H3,(H,13,15). The lowest BCUT2D eigenvalue weighted by molar-refractivity contribution is 0.560. The zero-order valence-corrected chi connectivity index (χ0v) is 9.67. The van der Waals surface area contributed by atoms with Crippen molar-refractivity contribution in [2.75, 3.05) is 11.2 Å². The van der Waals surface area contributed by atoms with E-state index >= 15 is 0 Å². The van der Waals surface area contributed by atoms with Gasteiger partial charge in [0.1, 0.15) is 5.82 Å². The third-order valence-corrected chi connectivity index (χ3v) is 3.38. The predicted octanol–water partition coefficient (Wildman–Crippen LogP) is 2.60. The number of halogens is 1. The average Bonchev–Trinajstić information content (AvgIpc) is 2.69. The second-order valence-electron chi connectivity index (χ2n) is 4.16. The molecule has 15 heavy (non-hydrogen) atoms. The number of hydrogen-bond donors (Lipinski definition) is 1. The minimum Gasteiger partial charge on any atom is -0.366 e. The topological polar surface area (TPSA) is 37.8 Å². The number of aromatic nitrogens is 2. The summed E-state index contributed by atoms with van der Waals surface area (Å²) in [5.41, 5.74) is 0.945. The maximum atomic E-state index is 5.92. The molecule has 3 nitrogen and oxygen atoms in total. The zero-order valence-electron chi connectivity index (χ0n) is 8.91. The summed E-state index contributed by atoms with van der Waals surface area (Å²) in [5, 5.41) is 11.5. The van der Waals surface area contributed by atoms with Crippen LogP contribution in [0.25, 0.3) is 0 Å². The molecule has 0 radical (unpaired) electrons. The minimum absolute atomic E-state index is 0.472. The van der Waals surface area contributed by atoms with Crippen molar-refractivity contribution in [2.45, 2.75) is 32.2 Å². The van der Waals surface area contributed by atoms with E-state index in [1.165, 1.54) is 19.3 Å². The first-order valence-electron chi connectivity index (χ1n) is 5.42. The van der Waals surface area contributed by atoms with Gasteiger partial charge in [0.15, 0.2) is 0 Å². The second kappa shape index (κ2) is 4.79. The molecule has 0 spiro atoms. The van der Waals surface area contributed by atoms with Gasteiger partial charge in [0.25, 0.3) is 0 Å². The normalized spacial score (nSPS) is 25.5. The molecule has 1 fully saturated rings. The van der Waals surface area contributed by atoms with Crippen molar-refractivity contribution in [3.63, 3.8) is 0 Å². The van der Waals surface area contributed by atoms with Crippen molar-refractivity contribution in [1.82, 2.24) is 10.2 Å². The van der Waals surface area contributed by atoms with Crippen molar-refractivity contribution in [3.05, 3.63) is 17.8 Å². The van der Waals surface area contributed by atoms with E-state index in [0.717, 1.165) is 17.4 Å². The first-order valence-corrected chi connectivity index (χ1v) is 5.96. The quantitative estimate of drug-likeness (QED) is 0.804. The molecule has 0 aliphatic heterocycles. The van der Waals surface area contributed by atoms with E-state index in [-0.39, 0.29) is 0 Å². The summed E-state index contributed by atoms with van der Waals surface area (Å²) < 4.78 is 0. The zero-order chi connectivity index (χ0) is 10.7. The van der Waals surface area contributed by atoms with Crippen LogP contribution in [-0.4, -0.2) is 22.1 Å². The lowest BCUT2D eigenvalue weighted by atomic mass is 10.1. The molecule has 4 heteroatoms. The molecule has 2 unspecified atom stereocenters. The van der Waals surface area contributed by atoms with Crippen LogP contribution in [-0.2, 0) is 0 Å². The van der Waals surface area contributed by atoms with Crippen LogP contribution in [0, 0.1) is 12.8 Å². The first kappa shape index (κ1) is 10.7. The third-order valence-electron chi connectivity index (χ3n) is 2.99. The van der Waals surface area contributed by atoms with Gasteiger partial charge in [0, 0.05) is 11.9 Å².